The molecule has 0 bridgehead atoms. The Kier molecular flexibility index (Phi) is 3.85. The molecular formula is C16H16O3. The Bertz CT molecular complexity index is 588. The van der Waals surface area contributed by atoms with Gasteiger partial charge in [-0.25, -0.2) is 4.79 Å². The van der Waals surface area contributed by atoms with E-state index in [4.69, 9.17) is 4.74 Å². The highest BCUT2D eigenvalue weighted by atomic mass is 16.5. The summed E-state index contributed by atoms with van der Waals surface area (Å²) in [6.07, 6.45) is 0. The van der Waals surface area contributed by atoms with Crippen molar-refractivity contribution in [3.8, 4) is 5.75 Å². The lowest BCUT2D eigenvalue weighted by molar-refractivity contribution is 0.0691. The third-order valence-corrected chi connectivity index (χ3v) is 3.06. The Balaban J connectivity index is 2.24. The Hall–Kier alpha value is -2.29. The monoisotopic (exact) mass is 256 g/mol. The molecule has 2 aromatic carbocycles. The molecule has 0 aliphatic heterocycles. The third-order valence-electron chi connectivity index (χ3n) is 3.06. The first-order valence-electron chi connectivity index (χ1n) is 6.09. The van der Waals surface area contributed by atoms with Crippen molar-refractivity contribution in [2.24, 2.45) is 0 Å². The zero-order valence-corrected chi connectivity index (χ0v) is 11.0. The predicted octanol–water partition coefficient (Wildman–Crippen LogP) is 3.58. The van der Waals surface area contributed by atoms with Crippen LogP contribution >= 0.6 is 0 Å². The number of hydrogen-bond donors (Lipinski definition) is 1. The van der Waals surface area contributed by atoms with E-state index in [0.29, 0.717) is 12.4 Å². The third kappa shape index (κ3) is 3.13. The maximum atomic E-state index is 11.2. The van der Waals surface area contributed by atoms with Crippen molar-refractivity contribution in [2.75, 3.05) is 0 Å². The van der Waals surface area contributed by atoms with Crippen molar-refractivity contribution in [3.05, 3.63) is 64.7 Å². The molecule has 0 fully saturated rings. The molecule has 0 aromatic heterocycles. The average molecular weight is 256 g/mol. The van der Waals surface area contributed by atoms with Gasteiger partial charge in [0.2, 0.25) is 0 Å². The number of benzene rings is 2. The summed E-state index contributed by atoms with van der Waals surface area (Å²) in [7, 11) is 0. The zero-order chi connectivity index (χ0) is 13.8. The standard InChI is InChI=1S/C16H16O3/c1-11-8-14(16(17)18)15(9-12(11)2)19-10-13-6-4-3-5-7-13/h3-9H,10H2,1-2H3,(H,17,18). The summed E-state index contributed by atoms with van der Waals surface area (Å²) in [5, 5.41) is 9.20. The maximum Gasteiger partial charge on any atom is 0.339 e. The molecule has 19 heavy (non-hydrogen) atoms. The van der Waals surface area contributed by atoms with E-state index in [1.54, 1.807) is 12.1 Å². The molecule has 2 aromatic rings. The summed E-state index contributed by atoms with van der Waals surface area (Å²) >= 11 is 0. The van der Waals surface area contributed by atoms with E-state index in [1.807, 2.05) is 44.2 Å². The van der Waals surface area contributed by atoms with Crippen LogP contribution in [0, 0.1) is 13.8 Å². The van der Waals surface area contributed by atoms with Crippen molar-refractivity contribution in [1.29, 1.82) is 0 Å². The summed E-state index contributed by atoms with van der Waals surface area (Å²) in [6.45, 7) is 4.20. The quantitative estimate of drug-likeness (QED) is 0.909. The highest BCUT2D eigenvalue weighted by Crippen LogP contribution is 2.24. The van der Waals surface area contributed by atoms with E-state index in [1.165, 1.54) is 0 Å². The number of carboxylic acids is 1. The minimum absolute atomic E-state index is 0.207. The zero-order valence-electron chi connectivity index (χ0n) is 11.0. The highest BCUT2D eigenvalue weighted by molar-refractivity contribution is 5.91. The second-order valence-electron chi connectivity index (χ2n) is 4.51. The van der Waals surface area contributed by atoms with Crippen molar-refractivity contribution in [1.82, 2.24) is 0 Å². The second-order valence-corrected chi connectivity index (χ2v) is 4.51. The fourth-order valence-electron chi connectivity index (χ4n) is 1.81. The molecule has 3 heteroatoms. The van der Waals surface area contributed by atoms with Crippen LogP contribution in [0.2, 0.25) is 0 Å². The van der Waals surface area contributed by atoms with E-state index in [0.717, 1.165) is 16.7 Å². The Morgan fingerprint density at radius 1 is 1.11 bits per heavy atom. The van der Waals surface area contributed by atoms with Crippen molar-refractivity contribution in [2.45, 2.75) is 20.5 Å². The summed E-state index contributed by atoms with van der Waals surface area (Å²) in [5.41, 5.74) is 3.19. The molecular weight excluding hydrogens is 240 g/mol. The van der Waals surface area contributed by atoms with Gasteiger partial charge in [-0.1, -0.05) is 30.3 Å². The summed E-state index contributed by atoms with van der Waals surface area (Å²) in [4.78, 5) is 11.2. The molecule has 0 unspecified atom stereocenters. The van der Waals surface area contributed by atoms with Crippen molar-refractivity contribution < 1.29 is 14.6 Å². The molecule has 0 aliphatic carbocycles. The number of hydrogen-bond acceptors (Lipinski definition) is 2. The number of carbonyl (C=O) groups is 1. The molecule has 1 N–H and O–H groups in total. The van der Waals surface area contributed by atoms with Gasteiger partial charge in [0.1, 0.15) is 17.9 Å². The van der Waals surface area contributed by atoms with Gasteiger partial charge in [-0.15, -0.1) is 0 Å². The molecule has 0 saturated heterocycles. The number of rotatable bonds is 4. The van der Waals surface area contributed by atoms with Crippen molar-refractivity contribution in [3.63, 3.8) is 0 Å². The smallest absolute Gasteiger partial charge is 0.339 e. The van der Waals surface area contributed by atoms with Crippen molar-refractivity contribution >= 4 is 5.97 Å². The van der Waals surface area contributed by atoms with Gasteiger partial charge in [-0.2, -0.15) is 0 Å². The second kappa shape index (κ2) is 5.57. The van der Waals surface area contributed by atoms with Crippen LogP contribution in [0.3, 0.4) is 0 Å². The number of ether oxygens (including phenoxy) is 1. The number of carboxylic acid groups (broad SMARTS) is 1. The van der Waals surface area contributed by atoms with E-state index in [2.05, 4.69) is 0 Å². The number of aryl methyl sites for hydroxylation is 2. The normalized spacial score (nSPS) is 10.2. The van der Waals surface area contributed by atoms with Gasteiger partial charge >= 0.3 is 5.97 Å². The molecule has 0 heterocycles. The molecule has 3 nitrogen and oxygen atoms in total. The van der Waals surface area contributed by atoms with Crippen LogP contribution in [-0.2, 0) is 6.61 Å². The Labute approximate surface area is 112 Å². The fourth-order valence-corrected chi connectivity index (χ4v) is 1.81. The number of aromatic carboxylic acids is 1. The molecule has 0 spiro atoms. The summed E-state index contributed by atoms with van der Waals surface area (Å²) < 4.78 is 5.64. The minimum Gasteiger partial charge on any atom is -0.488 e. The van der Waals surface area contributed by atoms with E-state index in [-0.39, 0.29) is 5.56 Å². The lowest BCUT2D eigenvalue weighted by atomic mass is 10.1. The van der Waals surface area contributed by atoms with Gasteiger partial charge in [-0.3, -0.25) is 0 Å². The Morgan fingerprint density at radius 3 is 2.37 bits per heavy atom. The van der Waals surface area contributed by atoms with Gasteiger partial charge < -0.3 is 9.84 Å². The van der Waals surface area contributed by atoms with Gasteiger partial charge in [0.05, 0.1) is 0 Å². The largest absolute Gasteiger partial charge is 0.488 e. The molecule has 0 saturated carbocycles. The van der Waals surface area contributed by atoms with E-state index < -0.39 is 5.97 Å². The maximum absolute atomic E-state index is 11.2. The summed E-state index contributed by atoms with van der Waals surface area (Å²) in [6, 6.07) is 13.1. The van der Waals surface area contributed by atoms with E-state index in [9.17, 15) is 9.90 Å². The van der Waals surface area contributed by atoms with Crippen LogP contribution in [0.15, 0.2) is 42.5 Å². The first kappa shape index (κ1) is 13.1. The first-order valence-corrected chi connectivity index (χ1v) is 6.09. The SMILES string of the molecule is Cc1cc(OCc2ccccc2)c(C(=O)O)cc1C. The Morgan fingerprint density at radius 2 is 1.74 bits per heavy atom. The van der Waals surface area contributed by atoms with Crippen LogP contribution in [0.25, 0.3) is 0 Å². The van der Waals surface area contributed by atoms with Crippen LogP contribution in [0.1, 0.15) is 27.0 Å². The molecule has 0 aliphatic rings. The van der Waals surface area contributed by atoms with Crippen LogP contribution in [-0.4, -0.2) is 11.1 Å². The van der Waals surface area contributed by atoms with Crippen LogP contribution in [0.4, 0.5) is 0 Å². The lowest BCUT2D eigenvalue weighted by Crippen LogP contribution is -2.04. The van der Waals surface area contributed by atoms with Gasteiger partial charge in [0.25, 0.3) is 0 Å². The van der Waals surface area contributed by atoms with Gasteiger partial charge in [0, 0.05) is 0 Å². The topological polar surface area (TPSA) is 46.5 Å². The van der Waals surface area contributed by atoms with Crippen LogP contribution < -0.4 is 4.74 Å². The molecule has 98 valence electrons. The lowest BCUT2D eigenvalue weighted by Gasteiger charge is -2.12. The average Bonchev–Trinajstić information content (AvgIpc) is 2.40. The molecule has 0 atom stereocenters. The minimum atomic E-state index is -0.967. The molecule has 2 rings (SSSR count). The molecule has 0 amide bonds. The fraction of sp³-hybridized carbons (Fsp3) is 0.188. The first-order chi connectivity index (χ1) is 9.08. The molecule has 0 radical (unpaired) electrons. The summed E-state index contributed by atoms with van der Waals surface area (Å²) in [5.74, 6) is -0.550. The highest BCUT2D eigenvalue weighted by Gasteiger charge is 2.13. The van der Waals surface area contributed by atoms with Crippen LogP contribution in [0.5, 0.6) is 5.75 Å². The van der Waals surface area contributed by atoms with Gasteiger partial charge in [0.15, 0.2) is 0 Å². The van der Waals surface area contributed by atoms with E-state index >= 15 is 0 Å². The predicted molar refractivity (Wildman–Crippen MR) is 73.6 cm³/mol. The van der Waals surface area contributed by atoms with Gasteiger partial charge in [-0.05, 0) is 42.7 Å².